The zero-order valence-corrected chi connectivity index (χ0v) is 26.5. The zero-order chi connectivity index (χ0) is 31.6. The summed E-state index contributed by atoms with van der Waals surface area (Å²) in [5.41, 5.74) is 1.69. The second-order valence-electron chi connectivity index (χ2n) is 13.4. The van der Waals surface area contributed by atoms with E-state index < -0.39 is 17.5 Å². The van der Waals surface area contributed by atoms with E-state index in [1.807, 2.05) is 11.8 Å². The van der Waals surface area contributed by atoms with Crippen LogP contribution in [0.5, 0.6) is 6.01 Å². The van der Waals surface area contributed by atoms with Crippen LogP contribution >= 0.6 is 11.6 Å². The predicted octanol–water partition coefficient (Wildman–Crippen LogP) is 5.80. The highest BCUT2D eigenvalue weighted by molar-refractivity contribution is 6.33. The summed E-state index contributed by atoms with van der Waals surface area (Å²) in [5, 5.41) is 8.72. The number of esters is 1. The molecule has 3 aromatic heterocycles. The van der Waals surface area contributed by atoms with Crippen molar-refractivity contribution >= 4 is 45.2 Å². The number of nitrogens with one attached hydrogen (secondary N) is 1. The molecule has 0 amide bonds. The molecule has 0 saturated carbocycles. The Labute approximate surface area is 269 Å². The van der Waals surface area contributed by atoms with E-state index in [9.17, 15) is 9.18 Å². The standard InChI is InChI=1S/C33H36ClF2N7O3/c1-18-5-2-7-21-24(34)11-25-22(14-38-41-25)26(21)29-27(36)28-23(13-37-29)30(42-9-3-6-20(16-42)46-31(18)44)40-32(39-28)45-17-33-8-4-10-43(33)15-19(35)12-33/h11,13-14,18-20H,2-10,12,15-17H2,1H3,(H,38,41)/t18?,19-,20-,33+/m1/s1. The number of benzene rings is 1. The van der Waals surface area contributed by atoms with Gasteiger partial charge in [0.25, 0.3) is 0 Å². The minimum atomic E-state index is -0.905. The van der Waals surface area contributed by atoms with Crippen molar-refractivity contribution in [3.8, 4) is 17.3 Å². The molecule has 4 aromatic rings. The predicted molar refractivity (Wildman–Crippen MR) is 169 cm³/mol. The summed E-state index contributed by atoms with van der Waals surface area (Å²) in [4.78, 5) is 31.4. The number of rotatable bonds is 3. The maximum Gasteiger partial charge on any atom is 0.319 e. The molecule has 0 aliphatic carbocycles. The van der Waals surface area contributed by atoms with Crippen LogP contribution in [0.3, 0.4) is 0 Å². The summed E-state index contributed by atoms with van der Waals surface area (Å²) in [6.45, 7) is 4.36. The second kappa shape index (κ2) is 11.6. The molecule has 5 aliphatic rings. The first kappa shape index (κ1) is 29.7. The van der Waals surface area contributed by atoms with E-state index in [1.165, 1.54) is 0 Å². The fourth-order valence-corrected chi connectivity index (χ4v) is 8.27. The Morgan fingerprint density at radius 1 is 1.15 bits per heavy atom. The fraction of sp³-hybridized carbons (Fsp3) is 0.545. The molecule has 3 fully saturated rings. The molecule has 1 unspecified atom stereocenters. The number of hydrogen-bond acceptors (Lipinski definition) is 9. The Kier molecular flexibility index (Phi) is 7.47. The molecule has 13 heteroatoms. The molecule has 4 atom stereocenters. The third-order valence-corrected chi connectivity index (χ3v) is 10.7. The Morgan fingerprint density at radius 3 is 2.93 bits per heavy atom. The molecule has 10 nitrogen and oxygen atoms in total. The van der Waals surface area contributed by atoms with Crippen molar-refractivity contribution in [2.45, 2.75) is 76.1 Å². The van der Waals surface area contributed by atoms with Gasteiger partial charge in [-0.25, -0.2) is 8.78 Å². The van der Waals surface area contributed by atoms with Gasteiger partial charge in [-0.05, 0) is 63.1 Å². The van der Waals surface area contributed by atoms with E-state index in [4.69, 9.17) is 26.1 Å². The largest absolute Gasteiger partial charge is 0.461 e. The number of H-pyrrole nitrogens is 1. The van der Waals surface area contributed by atoms with Gasteiger partial charge in [0.2, 0.25) is 0 Å². The van der Waals surface area contributed by atoms with Gasteiger partial charge in [-0.3, -0.25) is 19.8 Å². The van der Waals surface area contributed by atoms with Crippen LogP contribution in [0.25, 0.3) is 33.1 Å². The van der Waals surface area contributed by atoms with Crippen molar-refractivity contribution in [3.05, 3.63) is 34.9 Å². The normalized spacial score (nSPS) is 27.0. The Bertz CT molecular complexity index is 1840. The average Bonchev–Trinajstić information content (AvgIpc) is 3.74. The lowest BCUT2D eigenvalue weighted by molar-refractivity contribution is -0.154. The fourth-order valence-electron chi connectivity index (χ4n) is 7.98. The van der Waals surface area contributed by atoms with Crippen molar-refractivity contribution in [3.63, 3.8) is 0 Å². The molecule has 5 aliphatic heterocycles. The van der Waals surface area contributed by atoms with E-state index in [0.29, 0.717) is 78.0 Å². The van der Waals surface area contributed by atoms with Crippen LogP contribution in [0, 0.1) is 11.7 Å². The van der Waals surface area contributed by atoms with E-state index in [0.717, 1.165) is 37.8 Å². The molecule has 242 valence electrons. The van der Waals surface area contributed by atoms with Gasteiger partial charge in [0, 0.05) is 41.7 Å². The van der Waals surface area contributed by atoms with Crippen LogP contribution in [0.4, 0.5) is 14.6 Å². The molecule has 3 saturated heterocycles. The lowest BCUT2D eigenvalue weighted by atomic mass is 9.93. The quantitative estimate of drug-likeness (QED) is 0.275. The monoisotopic (exact) mass is 651 g/mol. The number of carbonyl (C=O) groups excluding carboxylic acids is 1. The maximum atomic E-state index is 17.0. The summed E-state index contributed by atoms with van der Waals surface area (Å²) in [5.74, 6) is -0.681. The van der Waals surface area contributed by atoms with Gasteiger partial charge >= 0.3 is 12.0 Å². The summed E-state index contributed by atoms with van der Waals surface area (Å²) >= 11 is 6.82. The molecule has 9 rings (SSSR count). The van der Waals surface area contributed by atoms with Gasteiger partial charge in [0.1, 0.15) is 35.9 Å². The third-order valence-electron chi connectivity index (χ3n) is 10.3. The van der Waals surface area contributed by atoms with E-state index in [2.05, 4.69) is 25.1 Å². The topological polar surface area (TPSA) is 109 Å². The Balaban J connectivity index is 1.29. The molecule has 46 heavy (non-hydrogen) atoms. The maximum absolute atomic E-state index is 17.0. The summed E-state index contributed by atoms with van der Waals surface area (Å²) in [6.07, 6.45) is 7.43. The first-order valence-corrected chi connectivity index (χ1v) is 16.7. The molecule has 1 N–H and O–H groups in total. The van der Waals surface area contributed by atoms with Gasteiger partial charge in [-0.15, -0.1) is 0 Å². The van der Waals surface area contributed by atoms with Crippen LogP contribution in [-0.4, -0.2) is 86.6 Å². The first-order valence-electron chi connectivity index (χ1n) is 16.3. The number of piperidine rings is 1. The number of nitrogens with zero attached hydrogens (tertiary/aromatic N) is 6. The van der Waals surface area contributed by atoms with Gasteiger partial charge in [0.15, 0.2) is 5.82 Å². The first-order chi connectivity index (χ1) is 22.3. The molecular weight excluding hydrogens is 616 g/mol. The van der Waals surface area contributed by atoms with Gasteiger partial charge in [0.05, 0.1) is 35.1 Å². The van der Waals surface area contributed by atoms with Crippen molar-refractivity contribution in [1.82, 2.24) is 30.0 Å². The van der Waals surface area contributed by atoms with E-state index in [-0.39, 0.29) is 41.8 Å². The van der Waals surface area contributed by atoms with Crippen LogP contribution in [0.1, 0.15) is 57.4 Å². The number of aromatic nitrogens is 5. The zero-order valence-electron chi connectivity index (χ0n) is 25.7. The van der Waals surface area contributed by atoms with Gasteiger partial charge in [-0.1, -0.05) is 18.5 Å². The van der Waals surface area contributed by atoms with Crippen molar-refractivity contribution in [2.75, 3.05) is 37.7 Å². The molecule has 0 radical (unpaired) electrons. The van der Waals surface area contributed by atoms with Crippen LogP contribution in [-0.2, 0) is 16.0 Å². The SMILES string of the molecule is CC1CCCc2c(Cl)cc3[nH]ncc3c2-c2ncc3c(nc(OC[C@@]45CCCN4C[C@H](F)C5)nc3c2F)N2CCC[C@H](C2)OC1=O. The third kappa shape index (κ3) is 5.04. The average molecular weight is 652 g/mol. The lowest BCUT2D eigenvalue weighted by Crippen LogP contribution is -2.44. The highest BCUT2D eigenvalue weighted by Crippen LogP contribution is 2.42. The van der Waals surface area contributed by atoms with Crippen molar-refractivity contribution in [1.29, 1.82) is 0 Å². The number of aromatic amines is 1. The number of alkyl halides is 1. The highest BCUT2D eigenvalue weighted by atomic mass is 35.5. The summed E-state index contributed by atoms with van der Waals surface area (Å²) in [6, 6.07) is 1.81. The molecule has 0 spiro atoms. The van der Waals surface area contributed by atoms with Crippen LogP contribution in [0.2, 0.25) is 5.02 Å². The minimum absolute atomic E-state index is 0.0238. The van der Waals surface area contributed by atoms with Crippen molar-refractivity contribution in [2.24, 2.45) is 5.92 Å². The molecular formula is C33H36ClF2N7O3. The molecule has 8 heterocycles. The van der Waals surface area contributed by atoms with Crippen LogP contribution < -0.4 is 9.64 Å². The van der Waals surface area contributed by atoms with Crippen molar-refractivity contribution < 1.29 is 23.0 Å². The smallest absolute Gasteiger partial charge is 0.319 e. The van der Waals surface area contributed by atoms with E-state index in [1.54, 1.807) is 18.5 Å². The Morgan fingerprint density at radius 2 is 2.04 bits per heavy atom. The number of hydrogen-bond donors (Lipinski definition) is 1. The second-order valence-corrected chi connectivity index (χ2v) is 13.8. The Hall–Kier alpha value is -3.64. The lowest BCUT2D eigenvalue weighted by Gasteiger charge is -2.34. The van der Waals surface area contributed by atoms with Gasteiger partial charge < -0.3 is 14.4 Å². The van der Waals surface area contributed by atoms with E-state index >= 15 is 4.39 Å². The minimum Gasteiger partial charge on any atom is -0.461 e. The number of carbonyl (C=O) groups is 1. The van der Waals surface area contributed by atoms with Crippen LogP contribution in [0.15, 0.2) is 18.5 Å². The highest BCUT2D eigenvalue weighted by Gasteiger charge is 2.49. The molecule has 1 aromatic carbocycles. The summed E-state index contributed by atoms with van der Waals surface area (Å²) < 4.78 is 43.8. The number of ether oxygens (including phenoxy) is 2. The molecule has 6 bridgehead atoms. The number of halogens is 3. The summed E-state index contributed by atoms with van der Waals surface area (Å²) in [7, 11) is 0. The van der Waals surface area contributed by atoms with Gasteiger partial charge in [-0.2, -0.15) is 15.1 Å². The number of anilines is 1. The number of fused-ring (bicyclic) bond motifs is 8. The number of pyridine rings is 1.